The molecule has 0 aromatic heterocycles. The molecule has 1 N–H and O–H groups in total. The summed E-state index contributed by atoms with van der Waals surface area (Å²) >= 11 is 12.4. The van der Waals surface area contributed by atoms with Crippen LogP contribution in [0.1, 0.15) is 53.0 Å². The van der Waals surface area contributed by atoms with Gasteiger partial charge in [0.1, 0.15) is 0 Å². The van der Waals surface area contributed by atoms with Gasteiger partial charge in [0, 0.05) is 18.4 Å². The van der Waals surface area contributed by atoms with Gasteiger partial charge in [-0.3, -0.25) is 4.79 Å². The minimum Gasteiger partial charge on any atom is -0.351 e. The van der Waals surface area contributed by atoms with Crippen molar-refractivity contribution in [1.82, 2.24) is 5.32 Å². The molecule has 4 heteroatoms. The van der Waals surface area contributed by atoms with Gasteiger partial charge in [0.05, 0.1) is 15.5 Å². The lowest BCUT2D eigenvalue weighted by atomic mass is 9.52. The molecule has 2 nitrogen and oxygen atoms in total. The van der Waals surface area contributed by atoms with Crippen molar-refractivity contribution < 1.29 is 4.79 Å². The van der Waals surface area contributed by atoms with Crippen molar-refractivity contribution in [1.29, 1.82) is 0 Å². The Balaban J connectivity index is 1.51. The standard InChI is InChI=1S/C25H21Cl2NO/c1-25(24(29)28-14-15-7-6-12-21(26)23(15)27)13-20-16-8-2-4-10-18(16)22(25)19-11-5-3-9-17(19)20/h2-12,20,22H,13-14H2,1H3,(H,28,29)/t20?,22?,25-/m0/s1. The molecule has 0 saturated carbocycles. The minimum absolute atomic E-state index is 0.0507. The number of fused-ring (bicyclic) bond motifs is 1. The number of hydrogen-bond donors (Lipinski definition) is 1. The molecule has 146 valence electrons. The van der Waals surface area contributed by atoms with Gasteiger partial charge in [0.25, 0.3) is 0 Å². The lowest BCUT2D eigenvalue weighted by molar-refractivity contribution is -0.132. The summed E-state index contributed by atoms with van der Waals surface area (Å²) in [4.78, 5) is 13.5. The topological polar surface area (TPSA) is 29.1 Å². The fraction of sp³-hybridized carbons (Fsp3) is 0.240. The fourth-order valence-electron chi connectivity index (χ4n) is 5.25. The lowest BCUT2D eigenvalue weighted by Gasteiger charge is -2.50. The SMILES string of the molecule is C[C@]1(C(=O)NCc2cccc(Cl)c2Cl)CC2c3ccccc3C1c1ccccc12. The Hall–Kier alpha value is -2.29. The second-order valence-electron chi connectivity index (χ2n) is 8.26. The van der Waals surface area contributed by atoms with E-state index >= 15 is 0 Å². The van der Waals surface area contributed by atoms with E-state index in [1.807, 2.05) is 12.1 Å². The maximum Gasteiger partial charge on any atom is 0.227 e. The predicted octanol–water partition coefficient (Wildman–Crippen LogP) is 6.30. The Labute approximate surface area is 180 Å². The van der Waals surface area contributed by atoms with E-state index in [1.54, 1.807) is 6.07 Å². The molecule has 0 saturated heterocycles. The molecule has 0 heterocycles. The molecule has 1 atom stereocenters. The lowest BCUT2D eigenvalue weighted by Crippen LogP contribution is -2.49. The van der Waals surface area contributed by atoms with Crippen molar-refractivity contribution in [2.24, 2.45) is 5.41 Å². The molecule has 0 unspecified atom stereocenters. The Morgan fingerprint density at radius 1 is 0.931 bits per heavy atom. The molecule has 3 aromatic rings. The molecule has 29 heavy (non-hydrogen) atoms. The molecule has 3 aromatic carbocycles. The summed E-state index contributed by atoms with van der Waals surface area (Å²) in [5.74, 6) is 0.361. The Kier molecular flexibility index (Phi) is 4.45. The van der Waals surface area contributed by atoms with Gasteiger partial charge in [-0.2, -0.15) is 0 Å². The van der Waals surface area contributed by atoms with Gasteiger partial charge in [-0.05, 0) is 47.2 Å². The molecular formula is C25H21Cl2NO. The smallest absolute Gasteiger partial charge is 0.227 e. The van der Waals surface area contributed by atoms with Crippen molar-refractivity contribution in [2.75, 3.05) is 0 Å². The van der Waals surface area contributed by atoms with Crippen molar-refractivity contribution in [3.05, 3.63) is 105 Å². The molecule has 1 amide bonds. The summed E-state index contributed by atoms with van der Waals surface area (Å²) in [5.41, 5.74) is 5.59. The summed E-state index contributed by atoms with van der Waals surface area (Å²) in [6.07, 6.45) is 0.806. The normalized spacial score (nSPS) is 24.0. The van der Waals surface area contributed by atoms with Crippen LogP contribution < -0.4 is 5.32 Å². The van der Waals surface area contributed by atoms with Crippen molar-refractivity contribution >= 4 is 29.1 Å². The molecular weight excluding hydrogens is 401 g/mol. The van der Waals surface area contributed by atoms with Crippen molar-refractivity contribution in [2.45, 2.75) is 31.7 Å². The van der Waals surface area contributed by atoms with Gasteiger partial charge in [-0.15, -0.1) is 0 Å². The summed E-state index contributed by atoms with van der Waals surface area (Å²) in [6, 6.07) is 22.6. The Morgan fingerprint density at radius 2 is 1.52 bits per heavy atom. The van der Waals surface area contributed by atoms with E-state index in [0.717, 1.165) is 12.0 Å². The molecule has 3 aliphatic rings. The first-order chi connectivity index (χ1) is 14.0. The third-order valence-electron chi connectivity index (χ3n) is 6.62. The van der Waals surface area contributed by atoms with Gasteiger partial charge in [0.15, 0.2) is 0 Å². The first kappa shape index (κ1) is 18.7. The number of benzene rings is 3. The van der Waals surface area contributed by atoms with Gasteiger partial charge in [-0.1, -0.05) is 83.9 Å². The van der Waals surface area contributed by atoms with E-state index in [9.17, 15) is 4.79 Å². The zero-order valence-corrected chi connectivity index (χ0v) is 17.6. The van der Waals surface area contributed by atoms with Crippen LogP contribution in [-0.2, 0) is 11.3 Å². The minimum atomic E-state index is -0.515. The van der Waals surface area contributed by atoms with E-state index < -0.39 is 5.41 Å². The summed E-state index contributed by atoms with van der Waals surface area (Å²) in [7, 11) is 0. The number of rotatable bonds is 3. The summed E-state index contributed by atoms with van der Waals surface area (Å²) in [6.45, 7) is 2.47. The predicted molar refractivity (Wildman–Crippen MR) is 118 cm³/mol. The van der Waals surface area contributed by atoms with Crippen LogP contribution >= 0.6 is 23.2 Å². The third-order valence-corrected chi connectivity index (χ3v) is 7.48. The molecule has 0 fully saturated rings. The average molecular weight is 422 g/mol. The van der Waals surface area contributed by atoms with Crippen LogP contribution in [0.5, 0.6) is 0 Å². The highest BCUT2D eigenvalue weighted by Crippen LogP contribution is 2.60. The summed E-state index contributed by atoms with van der Waals surface area (Å²) < 4.78 is 0. The van der Waals surface area contributed by atoms with Crippen LogP contribution in [0, 0.1) is 5.41 Å². The fourth-order valence-corrected chi connectivity index (χ4v) is 5.64. The van der Waals surface area contributed by atoms with Gasteiger partial charge in [0.2, 0.25) is 5.91 Å². The molecule has 2 bridgehead atoms. The zero-order chi connectivity index (χ0) is 20.2. The first-order valence-electron chi connectivity index (χ1n) is 9.89. The Morgan fingerprint density at radius 3 is 2.14 bits per heavy atom. The maximum absolute atomic E-state index is 13.5. The zero-order valence-electron chi connectivity index (χ0n) is 16.1. The second-order valence-corrected chi connectivity index (χ2v) is 9.05. The molecule has 0 spiro atoms. The van der Waals surface area contributed by atoms with E-state index in [2.05, 4.69) is 60.8 Å². The van der Waals surface area contributed by atoms with Crippen LogP contribution in [0.2, 0.25) is 10.0 Å². The highest BCUT2D eigenvalue weighted by Gasteiger charge is 2.53. The van der Waals surface area contributed by atoms with Crippen molar-refractivity contribution in [3.8, 4) is 0 Å². The number of hydrogen-bond acceptors (Lipinski definition) is 1. The van der Waals surface area contributed by atoms with E-state index in [0.29, 0.717) is 16.6 Å². The first-order valence-corrected chi connectivity index (χ1v) is 10.6. The van der Waals surface area contributed by atoms with Crippen LogP contribution in [-0.4, -0.2) is 5.91 Å². The van der Waals surface area contributed by atoms with Crippen LogP contribution in [0.15, 0.2) is 66.7 Å². The monoisotopic (exact) mass is 421 g/mol. The second kappa shape index (κ2) is 6.90. The van der Waals surface area contributed by atoms with Gasteiger partial charge >= 0.3 is 0 Å². The largest absolute Gasteiger partial charge is 0.351 e. The summed E-state index contributed by atoms with van der Waals surface area (Å²) in [5, 5.41) is 4.15. The number of amides is 1. The number of nitrogens with one attached hydrogen (secondary N) is 1. The van der Waals surface area contributed by atoms with Crippen LogP contribution in [0.4, 0.5) is 0 Å². The quantitative estimate of drug-likeness (QED) is 0.528. The molecule has 0 radical (unpaired) electrons. The average Bonchev–Trinajstić information content (AvgIpc) is 2.74. The number of halogens is 2. The highest BCUT2D eigenvalue weighted by molar-refractivity contribution is 6.42. The van der Waals surface area contributed by atoms with E-state index in [1.165, 1.54) is 22.3 Å². The van der Waals surface area contributed by atoms with Gasteiger partial charge in [-0.25, -0.2) is 0 Å². The van der Waals surface area contributed by atoms with Crippen LogP contribution in [0.25, 0.3) is 0 Å². The number of carbonyl (C=O) groups excluding carboxylic acids is 1. The van der Waals surface area contributed by atoms with Crippen LogP contribution in [0.3, 0.4) is 0 Å². The van der Waals surface area contributed by atoms with Gasteiger partial charge < -0.3 is 5.32 Å². The van der Waals surface area contributed by atoms with E-state index in [4.69, 9.17) is 23.2 Å². The molecule has 3 aliphatic carbocycles. The molecule has 6 rings (SSSR count). The third kappa shape index (κ3) is 2.81. The molecule has 0 aliphatic heterocycles. The number of carbonyl (C=O) groups is 1. The maximum atomic E-state index is 13.5. The van der Waals surface area contributed by atoms with Crippen molar-refractivity contribution in [3.63, 3.8) is 0 Å². The Bertz CT molecular complexity index is 1080. The van der Waals surface area contributed by atoms with E-state index in [-0.39, 0.29) is 17.7 Å². The highest BCUT2D eigenvalue weighted by atomic mass is 35.5.